The Morgan fingerprint density at radius 1 is 1.41 bits per heavy atom. The average Bonchev–Trinajstić information content (AvgIpc) is 2.33. The third-order valence-corrected chi connectivity index (χ3v) is 3.40. The number of nitrogens with one attached hydrogen (secondary N) is 1. The van der Waals surface area contributed by atoms with Gasteiger partial charge in [-0.1, -0.05) is 18.2 Å². The van der Waals surface area contributed by atoms with Crippen molar-refractivity contribution in [2.45, 2.75) is 19.4 Å². The molecule has 2 N–H and O–H groups in total. The minimum absolute atomic E-state index is 0.404. The zero-order valence-corrected chi connectivity index (χ0v) is 10.5. The van der Waals surface area contributed by atoms with Gasteiger partial charge in [-0.3, -0.25) is 0 Å². The van der Waals surface area contributed by atoms with E-state index in [0.29, 0.717) is 5.75 Å². The van der Waals surface area contributed by atoms with Crippen LogP contribution in [-0.4, -0.2) is 36.7 Å². The lowest BCUT2D eigenvalue weighted by Crippen LogP contribution is -2.36. The lowest BCUT2D eigenvalue weighted by Gasteiger charge is -2.27. The highest BCUT2D eigenvalue weighted by molar-refractivity contribution is 5.31. The lowest BCUT2D eigenvalue weighted by molar-refractivity contribution is 0.235. The molecular formula is C14H22N2O. The van der Waals surface area contributed by atoms with Crippen LogP contribution in [0.15, 0.2) is 24.3 Å². The van der Waals surface area contributed by atoms with E-state index in [-0.39, 0.29) is 0 Å². The van der Waals surface area contributed by atoms with Gasteiger partial charge >= 0.3 is 0 Å². The maximum absolute atomic E-state index is 9.73. The number of hydrogen-bond acceptors (Lipinski definition) is 3. The summed E-state index contributed by atoms with van der Waals surface area (Å²) in [7, 11) is 2.13. The largest absolute Gasteiger partial charge is 0.508 e. The molecule has 0 bridgehead atoms. The molecule has 94 valence electrons. The van der Waals surface area contributed by atoms with E-state index in [1.54, 1.807) is 6.07 Å². The fourth-order valence-electron chi connectivity index (χ4n) is 2.52. The predicted octanol–water partition coefficient (Wildman–Crippen LogP) is 1.82. The van der Waals surface area contributed by atoms with Gasteiger partial charge in [-0.2, -0.15) is 0 Å². The normalized spacial score (nSPS) is 20.7. The molecular weight excluding hydrogens is 212 g/mol. The molecule has 2 rings (SSSR count). The highest BCUT2D eigenvalue weighted by Crippen LogP contribution is 2.18. The van der Waals surface area contributed by atoms with Gasteiger partial charge in [0.15, 0.2) is 0 Å². The summed E-state index contributed by atoms with van der Waals surface area (Å²) in [4.78, 5) is 2.30. The van der Waals surface area contributed by atoms with Crippen molar-refractivity contribution in [3.63, 3.8) is 0 Å². The Morgan fingerprint density at radius 3 is 2.94 bits per heavy atom. The van der Waals surface area contributed by atoms with E-state index in [0.717, 1.165) is 31.1 Å². The maximum atomic E-state index is 9.73. The highest BCUT2D eigenvalue weighted by Gasteiger charge is 2.15. The van der Waals surface area contributed by atoms with Gasteiger partial charge < -0.3 is 15.3 Å². The number of phenols is 1. The highest BCUT2D eigenvalue weighted by atomic mass is 16.3. The van der Waals surface area contributed by atoms with Crippen molar-refractivity contribution in [1.29, 1.82) is 0 Å². The second-order valence-electron chi connectivity index (χ2n) is 5.04. The molecule has 1 aliphatic rings. The Hall–Kier alpha value is -1.06. The summed E-state index contributed by atoms with van der Waals surface area (Å²) < 4.78 is 0. The van der Waals surface area contributed by atoms with Crippen LogP contribution in [0.5, 0.6) is 5.75 Å². The molecule has 1 aromatic carbocycles. The minimum atomic E-state index is 0.404. The molecule has 0 saturated carbocycles. The second kappa shape index (κ2) is 6.03. The number of para-hydroxylation sites is 1. The number of hydrogen-bond donors (Lipinski definition) is 2. The molecule has 3 nitrogen and oxygen atoms in total. The van der Waals surface area contributed by atoms with Crippen LogP contribution in [0.3, 0.4) is 0 Å². The van der Waals surface area contributed by atoms with Gasteiger partial charge in [0.2, 0.25) is 0 Å². The summed E-state index contributed by atoms with van der Waals surface area (Å²) in [6, 6.07) is 7.59. The maximum Gasteiger partial charge on any atom is 0.120 e. The van der Waals surface area contributed by atoms with Crippen molar-refractivity contribution in [2.24, 2.45) is 5.92 Å². The Kier molecular flexibility index (Phi) is 4.40. The molecule has 1 fully saturated rings. The zero-order chi connectivity index (χ0) is 12.1. The average molecular weight is 234 g/mol. The number of phenolic OH excluding ortho intramolecular Hbond substituents is 1. The smallest absolute Gasteiger partial charge is 0.120 e. The first-order valence-corrected chi connectivity index (χ1v) is 6.42. The molecule has 17 heavy (non-hydrogen) atoms. The molecule has 1 saturated heterocycles. The molecule has 0 aliphatic carbocycles. The van der Waals surface area contributed by atoms with Gasteiger partial charge in [0.05, 0.1) is 0 Å². The first-order valence-electron chi connectivity index (χ1n) is 6.42. The molecule has 0 spiro atoms. The van der Waals surface area contributed by atoms with Gasteiger partial charge in [0, 0.05) is 18.7 Å². The molecule has 1 aliphatic heterocycles. The van der Waals surface area contributed by atoms with E-state index >= 15 is 0 Å². The Morgan fingerprint density at radius 2 is 2.24 bits per heavy atom. The number of piperidine rings is 1. The van der Waals surface area contributed by atoms with Gasteiger partial charge in [0.25, 0.3) is 0 Å². The third kappa shape index (κ3) is 3.72. The van der Waals surface area contributed by atoms with Crippen LogP contribution >= 0.6 is 0 Å². The van der Waals surface area contributed by atoms with Crippen molar-refractivity contribution >= 4 is 0 Å². The topological polar surface area (TPSA) is 35.5 Å². The van der Waals surface area contributed by atoms with Crippen molar-refractivity contribution in [2.75, 3.05) is 26.7 Å². The molecule has 3 heteroatoms. The fraction of sp³-hybridized carbons (Fsp3) is 0.571. The monoisotopic (exact) mass is 234 g/mol. The summed E-state index contributed by atoms with van der Waals surface area (Å²) in [6.07, 6.45) is 2.60. The SMILES string of the molecule is CN(Cc1ccccc1O)CC1CCCNC1. The Bertz CT molecular complexity index is 348. The van der Waals surface area contributed by atoms with Crippen LogP contribution in [0.4, 0.5) is 0 Å². The van der Waals surface area contributed by atoms with Gasteiger partial charge in [0.1, 0.15) is 5.75 Å². The first kappa shape index (κ1) is 12.4. The fourth-order valence-corrected chi connectivity index (χ4v) is 2.52. The molecule has 0 aromatic heterocycles. The molecule has 1 aromatic rings. The predicted molar refractivity (Wildman–Crippen MR) is 70.0 cm³/mol. The molecule has 1 atom stereocenters. The quantitative estimate of drug-likeness (QED) is 0.834. The van der Waals surface area contributed by atoms with Crippen molar-refractivity contribution in [1.82, 2.24) is 10.2 Å². The molecule has 1 unspecified atom stereocenters. The van der Waals surface area contributed by atoms with Crippen LogP contribution in [0.2, 0.25) is 0 Å². The molecule has 1 heterocycles. The second-order valence-corrected chi connectivity index (χ2v) is 5.04. The Balaban J connectivity index is 1.84. The van der Waals surface area contributed by atoms with Crippen LogP contribution in [0.25, 0.3) is 0 Å². The van der Waals surface area contributed by atoms with Gasteiger partial charge in [-0.05, 0) is 45.0 Å². The van der Waals surface area contributed by atoms with E-state index in [2.05, 4.69) is 17.3 Å². The molecule has 0 radical (unpaired) electrons. The summed E-state index contributed by atoms with van der Waals surface area (Å²) in [6.45, 7) is 4.22. The van der Waals surface area contributed by atoms with E-state index < -0.39 is 0 Å². The zero-order valence-electron chi connectivity index (χ0n) is 10.5. The van der Waals surface area contributed by atoms with E-state index in [4.69, 9.17) is 0 Å². The summed E-state index contributed by atoms with van der Waals surface area (Å²) in [5, 5.41) is 13.2. The van der Waals surface area contributed by atoms with Crippen molar-refractivity contribution in [3.8, 4) is 5.75 Å². The summed E-state index contributed by atoms with van der Waals surface area (Å²) >= 11 is 0. The van der Waals surface area contributed by atoms with Gasteiger partial charge in [-0.15, -0.1) is 0 Å². The van der Waals surface area contributed by atoms with E-state index in [1.807, 2.05) is 18.2 Å². The van der Waals surface area contributed by atoms with Crippen LogP contribution in [0.1, 0.15) is 18.4 Å². The lowest BCUT2D eigenvalue weighted by atomic mass is 9.99. The van der Waals surface area contributed by atoms with Crippen LogP contribution in [-0.2, 0) is 6.54 Å². The number of benzene rings is 1. The standard InChI is InChI=1S/C14H22N2O/c1-16(10-12-5-4-8-15-9-12)11-13-6-2-3-7-14(13)17/h2-3,6-7,12,15,17H,4-5,8-11H2,1H3. The Labute approximate surface area is 103 Å². The van der Waals surface area contributed by atoms with Crippen LogP contribution < -0.4 is 5.32 Å². The number of aromatic hydroxyl groups is 1. The van der Waals surface area contributed by atoms with Gasteiger partial charge in [-0.25, -0.2) is 0 Å². The first-order chi connectivity index (χ1) is 8.25. The minimum Gasteiger partial charge on any atom is -0.508 e. The summed E-state index contributed by atoms with van der Waals surface area (Å²) in [5.41, 5.74) is 1.01. The van der Waals surface area contributed by atoms with Crippen molar-refractivity contribution < 1.29 is 5.11 Å². The third-order valence-electron chi connectivity index (χ3n) is 3.40. The van der Waals surface area contributed by atoms with Crippen molar-refractivity contribution in [3.05, 3.63) is 29.8 Å². The number of nitrogens with zero attached hydrogens (tertiary/aromatic N) is 1. The van der Waals surface area contributed by atoms with E-state index in [9.17, 15) is 5.11 Å². The number of rotatable bonds is 4. The van der Waals surface area contributed by atoms with Crippen LogP contribution in [0, 0.1) is 5.92 Å². The summed E-state index contributed by atoms with van der Waals surface area (Å²) in [5.74, 6) is 1.15. The molecule has 0 amide bonds. The van der Waals surface area contributed by atoms with E-state index in [1.165, 1.54) is 19.4 Å².